The summed E-state index contributed by atoms with van der Waals surface area (Å²) < 4.78 is 268. The topological polar surface area (TPSA) is 32.8 Å². The average Bonchev–Trinajstić information content (AvgIpc) is 1.37. The molecule has 0 unspecified atom stereocenters. The van der Waals surface area contributed by atoms with Crippen molar-refractivity contribution in [2.24, 2.45) is 0 Å². The summed E-state index contributed by atoms with van der Waals surface area (Å²) in [6.45, 7) is 13.7. The SMILES string of the molecule is [2H]c1c([2H])c([2H])c(-c2c([2H])c(C(C)(C)C)c3c(oc4c([2H])c([2H])c([2H])c([2H])c43)c2N2c3cc(C(C)(C)C)cc4c3B(c3c([2H])c(-c5cccc(Br)c5)c([2H])c([2H])c32)c2c([2H])c([2H])c(Cl)c([2H])c2N4c2c(-c3c([2H])c([2H])c([2H])c([2H])c3[2H])c([2H])c(C(C)(C)C)c3c2oc2c([2H])c([2H])c([2H])c([2H])c23)c([2H])c1[2H]. The lowest BCUT2D eigenvalue weighted by atomic mass is 9.33. The Hall–Kier alpha value is -7.77. The van der Waals surface area contributed by atoms with Crippen LogP contribution < -0.4 is 26.2 Å². The number of para-hydroxylation sites is 2. The summed E-state index contributed by atoms with van der Waals surface area (Å²) in [5, 5.41) is -1.46. The normalized spacial score (nSPS) is 18.0. The molecular formula is C72H59BBrClN2O2. The van der Waals surface area contributed by atoms with Crippen LogP contribution >= 0.6 is 27.5 Å². The molecule has 4 heterocycles. The van der Waals surface area contributed by atoms with E-state index in [-0.39, 0.29) is 77.1 Å². The van der Waals surface area contributed by atoms with Crippen LogP contribution in [-0.2, 0) is 16.2 Å². The number of anilines is 6. The number of nitrogens with zero attached hydrogens (tertiary/aromatic N) is 2. The molecular weight excluding hydrogens is 1050 g/mol. The van der Waals surface area contributed by atoms with Gasteiger partial charge in [-0.2, -0.15) is 0 Å². The van der Waals surface area contributed by atoms with Crippen LogP contribution in [0.5, 0.6) is 0 Å². The minimum Gasteiger partial charge on any atom is -0.454 e. The van der Waals surface area contributed by atoms with E-state index in [1.807, 2.05) is 0 Å². The number of halogens is 2. The van der Waals surface area contributed by atoms with Crippen LogP contribution in [0, 0.1) is 0 Å². The predicted octanol–water partition coefficient (Wildman–Crippen LogP) is 19.9. The van der Waals surface area contributed by atoms with Crippen LogP contribution in [0.4, 0.5) is 34.1 Å². The van der Waals surface area contributed by atoms with Gasteiger partial charge in [0.05, 0.1) is 47.0 Å². The van der Waals surface area contributed by atoms with Gasteiger partial charge in [-0.05, 0) is 138 Å². The summed E-state index contributed by atoms with van der Waals surface area (Å²) >= 11 is 10.8. The quantitative estimate of drug-likeness (QED) is 0.161. The molecule has 2 aliphatic heterocycles. The first kappa shape index (κ1) is 28.9. The van der Waals surface area contributed by atoms with E-state index in [1.165, 1.54) is 9.80 Å². The number of hydrogen-bond acceptors (Lipinski definition) is 4. The second-order valence-corrected chi connectivity index (χ2v) is 24.0. The van der Waals surface area contributed by atoms with Crippen LogP contribution in [0.2, 0.25) is 5.02 Å². The van der Waals surface area contributed by atoms with Crippen molar-refractivity contribution in [3.8, 4) is 33.4 Å². The highest BCUT2D eigenvalue weighted by Crippen LogP contribution is 2.56. The van der Waals surface area contributed by atoms with Crippen LogP contribution in [0.3, 0.4) is 0 Å². The van der Waals surface area contributed by atoms with Gasteiger partial charge in [0.15, 0.2) is 11.2 Å². The third-order valence-corrected chi connectivity index (χ3v) is 15.2. The molecule has 79 heavy (non-hydrogen) atoms. The Balaban J connectivity index is 1.35. The minimum atomic E-state index is -1.75. The first-order chi connectivity index (χ1) is 48.8. The summed E-state index contributed by atoms with van der Waals surface area (Å²) in [4.78, 5) is 2.58. The fraction of sp³-hybridized carbons (Fsp3) is 0.167. The van der Waals surface area contributed by atoms with Gasteiger partial charge in [-0.25, -0.2) is 0 Å². The van der Waals surface area contributed by atoms with Gasteiger partial charge in [0.1, 0.15) is 11.2 Å². The molecule has 0 saturated heterocycles. The van der Waals surface area contributed by atoms with Crippen molar-refractivity contribution in [1.82, 2.24) is 0 Å². The van der Waals surface area contributed by atoms with Gasteiger partial charge in [0, 0.05) is 64.9 Å². The van der Waals surface area contributed by atoms with Gasteiger partial charge in [-0.1, -0.05) is 217 Å². The molecule has 0 atom stereocenters. The fourth-order valence-electron chi connectivity index (χ4n) is 11.1. The molecule has 0 fully saturated rings. The van der Waals surface area contributed by atoms with Crippen molar-refractivity contribution in [3.63, 3.8) is 0 Å². The fourth-order valence-corrected chi connectivity index (χ4v) is 11.6. The van der Waals surface area contributed by atoms with Crippen molar-refractivity contribution in [2.75, 3.05) is 9.80 Å². The highest BCUT2D eigenvalue weighted by Gasteiger charge is 2.47. The smallest absolute Gasteiger partial charge is 0.252 e. The summed E-state index contributed by atoms with van der Waals surface area (Å²) in [6.07, 6.45) is 0. The first-order valence-electron chi connectivity index (χ1n) is 38.4. The second-order valence-electron chi connectivity index (χ2n) is 22.7. The molecule has 4 nitrogen and oxygen atoms in total. The molecule has 0 saturated carbocycles. The van der Waals surface area contributed by atoms with Crippen LogP contribution in [0.1, 0.15) is 115 Å². The van der Waals surface area contributed by atoms with Crippen LogP contribution in [-0.4, -0.2) is 6.71 Å². The van der Waals surface area contributed by atoms with E-state index in [0.717, 1.165) is 0 Å². The molecule has 0 aliphatic carbocycles. The van der Waals surface area contributed by atoms with Crippen molar-refractivity contribution >= 4 is 129 Å². The molecule has 14 rings (SSSR count). The van der Waals surface area contributed by atoms with Crippen molar-refractivity contribution in [2.45, 2.75) is 78.6 Å². The number of rotatable bonds is 5. The standard InChI is InChI=1S/C72H59BBrClN2O2/c1-70(2,3)46-37-59-65-60(38-46)77(67-52(43-23-14-11-15-24-43)41-54(72(7,8)9)64-50-28-17-19-30-62(50)79-69(64)67)58-39-48(75)32-33-55(58)73(65)56-36-45(44-25-20-26-47(74)35-44)31-34-57(56)76(59)66-51(42-21-12-10-13-22-42)40-53(71(4,5)6)63-49-27-16-18-29-61(49)78-68(63)66/h10-41H,1-9H3/i10D,11D,12D,13D,14D,15D,16D,17D,18D,19D,21D,22D,23D,24D,27D,28D,29D,30D,31D,32D,33D,34D,36D,39D,40D,41D. The van der Waals surface area contributed by atoms with Gasteiger partial charge < -0.3 is 18.6 Å². The lowest BCUT2D eigenvalue weighted by Crippen LogP contribution is -2.61. The Morgan fingerprint density at radius 2 is 1.00 bits per heavy atom. The van der Waals surface area contributed by atoms with Crippen LogP contribution in [0.15, 0.2) is 207 Å². The molecule has 0 radical (unpaired) electrons. The molecule has 0 N–H and O–H groups in total. The molecule has 10 aromatic carbocycles. The monoisotopic (exact) mass is 1130 g/mol. The summed E-state index contributed by atoms with van der Waals surface area (Å²) in [5.74, 6) is 0. The highest BCUT2D eigenvalue weighted by molar-refractivity contribution is 9.10. The Labute approximate surface area is 513 Å². The average molecular weight is 1140 g/mol. The minimum absolute atomic E-state index is 0.0191. The maximum absolute atomic E-state index is 11.0. The van der Waals surface area contributed by atoms with Gasteiger partial charge in [-0.15, -0.1) is 0 Å². The van der Waals surface area contributed by atoms with E-state index < -0.39 is 252 Å². The Kier molecular flexibility index (Phi) is 6.54. The van der Waals surface area contributed by atoms with E-state index >= 15 is 0 Å². The van der Waals surface area contributed by atoms with Crippen molar-refractivity contribution < 1.29 is 44.5 Å². The molecule has 0 spiro atoms. The van der Waals surface area contributed by atoms with E-state index in [2.05, 4.69) is 15.9 Å². The molecule has 0 bridgehead atoms. The summed E-state index contributed by atoms with van der Waals surface area (Å²) in [5.41, 5.74) is -10.5. The zero-order chi connectivity index (χ0) is 77.1. The second kappa shape index (κ2) is 17.9. The van der Waals surface area contributed by atoms with E-state index in [4.69, 9.17) is 28.7 Å². The molecule has 2 aliphatic rings. The predicted molar refractivity (Wildman–Crippen MR) is 340 cm³/mol. The molecule has 12 aromatic rings. The summed E-state index contributed by atoms with van der Waals surface area (Å²) in [7, 11) is 0. The van der Waals surface area contributed by atoms with Crippen molar-refractivity contribution in [3.05, 3.63) is 220 Å². The highest BCUT2D eigenvalue weighted by atomic mass is 79.9. The Bertz CT molecular complexity index is 6000. The maximum Gasteiger partial charge on any atom is 0.252 e. The zero-order valence-corrected chi connectivity index (χ0v) is 46.4. The number of benzene rings is 10. The Morgan fingerprint density at radius 3 is 1.52 bits per heavy atom. The van der Waals surface area contributed by atoms with Crippen LogP contribution in [0.25, 0.3) is 77.3 Å². The van der Waals surface area contributed by atoms with Crippen molar-refractivity contribution in [1.29, 1.82) is 0 Å². The lowest BCUT2D eigenvalue weighted by Gasteiger charge is -2.46. The molecule has 7 heteroatoms. The number of fused-ring (bicyclic) bond motifs is 10. The third-order valence-electron chi connectivity index (χ3n) is 14.5. The molecule has 0 amide bonds. The zero-order valence-electron chi connectivity index (χ0n) is 70.0. The lowest BCUT2D eigenvalue weighted by molar-refractivity contribution is 0.590. The first-order valence-corrected chi connectivity index (χ1v) is 26.5. The maximum atomic E-state index is 11.0. The number of furan rings is 2. The van der Waals surface area contributed by atoms with Gasteiger partial charge in [-0.3, -0.25) is 0 Å². The third kappa shape index (κ3) is 7.84. The summed E-state index contributed by atoms with van der Waals surface area (Å²) in [6, 6.07) is -9.81. The largest absolute Gasteiger partial charge is 0.454 e. The molecule has 2 aromatic heterocycles. The molecule has 386 valence electrons. The van der Waals surface area contributed by atoms with Gasteiger partial charge in [0.25, 0.3) is 6.71 Å². The number of hydrogen-bond donors (Lipinski definition) is 0. The van der Waals surface area contributed by atoms with E-state index in [9.17, 15) is 27.4 Å². The van der Waals surface area contributed by atoms with Gasteiger partial charge >= 0.3 is 0 Å². The Morgan fingerprint density at radius 1 is 0.481 bits per heavy atom. The van der Waals surface area contributed by atoms with E-state index in [1.54, 1.807) is 98.7 Å². The van der Waals surface area contributed by atoms with E-state index in [0.29, 0.717) is 4.47 Å². The van der Waals surface area contributed by atoms with Gasteiger partial charge in [0.2, 0.25) is 0 Å².